The van der Waals surface area contributed by atoms with Crippen LogP contribution in [-0.2, 0) is 9.53 Å². The molecular formula is C10H18O8. The maximum absolute atomic E-state index is 9.96. The van der Waals surface area contributed by atoms with E-state index in [0.717, 1.165) is 0 Å². The molecule has 0 aromatic heterocycles. The summed E-state index contributed by atoms with van der Waals surface area (Å²) in [6.45, 7) is -1.45. The van der Waals surface area contributed by atoms with Crippen LogP contribution in [0.2, 0.25) is 0 Å². The minimum atomic E-state index is -1.67. The Hall–Kier alpha value is -1.03. The van der Waals surface area contributed by atoms with Crippen molar-refractivity contribution in [3.05, 3.63) is 12.3 Å². The summed E-state index contributed by atoms with van der Waals surface area (Å²) in [5, 5.41) is 52.2. The predicted molar refractivity (Wildman–Crippen MR) is 58.0 cm³/mol. The number of cyclic esters (lactones) is 1. The smallest absolute Gasteiger partial charge is 0.314 e. The Morgan fingerprint density at radius 1 is 1.06 bits per heavy atom. The Morgan fingerprint density at radius 2 is 1.50 bits per heavy atom. The number of rotatable bonds is 5. The van der Waals surface area contributed by atoms with Crippen LogP contribution in [0.4, 0.5) is 0 Å². The number of carbonyl (C=O) groups is 1. The van der Waals surface area contributed by atoms with Crippen molar-refractivity contribution in [2.24, 2.45) is 0 Å². The van der Waals surface area contributed by atoms with E-state index < -0.39 is 37.6 Å². The molecule has 0 saturated carbocycles. The van der Waals surface area contributed by atoms with Crippen LogP contribution >= 0.6 is 0 Å². The third-order valence-electron chi connectivity index (χ3n) is 2.09. The van der Waals surface area contributed by atoms with Gasteiger partial charge < -0.3 is 35.4 Å². The zero-order valence-corrected chi connectivity index (χ0v) is 9.59. The third kappa shape index (κ3) is 6.05. The lowest BCUT2D eigenvalue weighted by atomic mass is 10.0. The summed E-state index contributed by atoms with van der Waals surface area (Å²) in [5.74, 6) is -0.157. The van der Waals surface area contributed by atoms with E-state index in [2.05, 4.69) is 4.74 Å². The second kappa shape index (κ2) is 8.97. The van der Waals surface area contributed by atoms with Gasteiger partial charge in [0, 0.05) is 0 Å². The minimum Gasteiger partial charge on any atom is -0.435 e. The quantitative estimate of drug-likeness (QED) is 0.286. The molecule has 0 amide bonds. The van der Waals surface area contributed by atoms with Crippen LogP contribution in [0.25, 0.3) is 0 Å². The van der Waals surface area contributed by atoms with Gasteiger partial charge in [-0.15, -0.1) is 0 Å². The summed E-state index contributed by atoms with van der Waals surface area (Å²) in [4.78, 5) is 9.96. The molecule has 4 atom stereocenters. The summed E-state index contributed by atoms with van der Waals surface area (Å²) in [5.41, 5.74) is 0. The van der Waals surface area contributed by atoms with Crippen LogP contribution < -0.4 is 0 Å². The normalized spacial score (nSPS) is 20.4. The number of carbonyl (C=O) groups excluding carboxylic acids is 1. The molecule has 0 aromatic carbocycles. The Bertz CT molecular complexity index is 243. The van der Waals surface area contributed by atoms with Gasteiger partial charge in [-0.1, -0.05) is 0 Å². The van der Waals surface area contributed by atoms with Gasteiger partial charge in [0.05, 0.1) is 25.9 Å². The molecule has 0 aliphatic carbocycles. The Kier molecular flexibility index (Phi) is 8.46. The van der Waals surface area contributed by atoms with Crippen molar-refractivity contribution in [1.29, 1.82) is 0 Å². The van der Waals surface area contributed by atoms with Crippen molar-refractivity contribution in [2.45, 2.75) is 30.8 Å². The highest BCUT2D eigenvalue weighted by Gasteiger charge is 2.29. The molecule has 106 valence electrons. The summed E-state index contributed by atoms with van der Waals surface area (Å²) >= 11 is 0. The zero-order valence-electron chi connectivity index (χ0n) is 9.59. The summed E-state index contributed by atoms with van der Waals surface area (Å²) < 4.78 is 4.33. The highest BCUT2D eigenvalue weighted by molar-refractivity contribution is 5.73. The fraction of sp³-hybridized carbons (Fsp3) is 0.700. The summed E-state index contributed by atoms with van der Waals surface area (Å²) in [7, 11) is 0. The lowest BCUT2D eigenvalue weighted by Gasteiger charge is -2.24. The molecular weight excluding hydrogens is 248 g/mol. The molecule has 0 bridgehead atoms. The maximum atomic E-state index is 9.96. The van der Waals surface area contributed by atoms with Crippen molar-refractivity contribution < 1.29 is 40.2 Å². The minimum absolute atomic E-state index is 0.157. The van der Waals surface area contributed by atoms with Crippen molar-refractivity contribution >= 4 is 5.97 Å². The fourth-order valence-corrected chi connectivity index (χ4v) is 0.988. The molecule has 18 heavy (non-hydrogen) atoms. The second-order valence-electron chi connectivity index (χ2n) is 3.55. The van der Waals surface area contributed by atoms with Crippen LogP contribution in [-0.4, -0.2) is 74.2 Å². The fourth-order valence-electron chi connectivity index (χ4n) is 0.988. The molecule has 1 heterocycles. The van der Waals surface area contributed by atoms with Gasteiger partial charge in [-0.05, 0) is 6.08 Å². The first-order valence-corrected chi connectivity index (χ1v) is 5.22. The highest BCUT2D eigenvalue weighted by Crippen LogP contribution is 2.04. The summed E-state index contributed by atoms with van der Waals surface area (Å²) in [6.07, 6.45) is -2.86. The molecule has 1 aliphatic heterocycles. The summed E-state index contributed by atoms with van der Waals surface area (Å²) in [6, 6.07) is 0. The van der Waals surface area contributed by atoms with Crippen LogP contribution in [0.3, 0.4) is 0 Å². The van der Waals surface area contributed by atoms with Gasteiger partial charge in [0.1, 0.15) is 24.4 Å². The largest absolute Gasteiger partial charge is 0.435 e. The number of aliphatic hydroxyl groups is 6. The van der Waals surface area contributed by atoms with E-state index in [4.69, 9.17) is 30.6 Å². The number of ether oxygens (including phenoxy) is 1. The molecule has 1 rings (SSSR count). The van der Waals surface area contributed by atoms with E-state index in [1.165, 1.54) is 6.26 Å². The number of aliphatic hydroxyl groups excluding tert-OH is 6. The maximum Gasteiger partial charge on any atom is 0.314 e. The van der Waals surface area contributed by atoms with Gasteiger partial charge >= 0.3 is 5.97 Å². The molecule has 4 unspecified atom stereocenters. The van der Waals surface area contributed by atoms with Gasteiger partial charge in [0.15, 0.2) is 0 Å². The first-order chi connectivity index (χ1) is 8.43. The SMILES string of the molecule is O=C1CC=CO1.OCC(O)C(O)C(O)C(O)CO. The van der Waals surface area contributed by atoms with E-state index in [0.29, 0.717) is 6.42 Å². The van der Waals surface area contributed by atoms with Gasteiger partial charge in [-0.3, -0.25) is 4.79 Å². The molecule has 1 aliphatic rings. The molecule has 6 N–H and O–H groups in total. The Morgan fingerprint density at radius 3 is 1.67 bits per heavy atom. The standard InChI is InChI=1S/C6H14O6.C4H4O2/c7-1-3(9)5(11)6(12)4(10)2-8;5-4-2-1-3-6-4/h3-12H,1-2H2;1,3H,2H2. The predicted octanol–water partition coefficient (Wildman–Crippen LogP) is -3.14. The first kappa shape index (κ1) is 17.0. The van der Waals surface area contributed by atoms with Crippen molar-refractivity contribution in [2.75, 3.05) is 13.2 Å². The average Bonchev–Trinajstić information content (AvgIpc) is 2.86. The van der Waals surface area contributed by atoms with E-state index in [1.807, 2.05) is 0 Å². The second-order valence-corrected chi connectivity index (χ2v) is 3.55. The number of hydrogen-bond acceptors (Lipinski definition) is 8. The van der Waals surface area contributed by atoms with Crippen LogP contribution in [0.15, 0.2) is 12.3 Å². The highest BCUT2D eigenvalue weighted by atomic mass is 16.5. The molecule has 0 spiro atoms. The molecule has 0 aromatic rings. The number of hydrogen-bond donors (Lipinski definition) is 6. The molecule has 0 radical (unpaired) electrons. The van der Waals surface area contributed by atoms with E-state index in [9.17, 15) is 4.79 Å². The zero-order chi connectivity index (χ0) is 14.1. The lowest BCUT2D eigenvalue weighted by molar-refractivity contribution is -0.135. The van der Waals surface area contributed by atoms with Crippen molar-refractivity contribution in [3.8, 4) is 0 Å². The Balaban J connectivity index is 0.000000397. The molecule has 8 nitrogen and oxygen atoms in total. The van der Waals surface area contributed by atoms with Gasteiger partial charge in [-0.25, -0.2) is 0 Å². The van der Waals surface area contributed by atoms with Gasteiger partial charge in [0.2, 0.25) is 0 Å². The van der Waals surface area contributed by atoms with Crippen molar-refractivity contribution in [1.82, 2.24) is 0 Å². The van der Waals surface area contributed by atoms with E-state index in [-0.39, 0.29) is 5.97 Å². The average molecular weight is 266 g/mol. The number of esters is 1. The topological polar surface area (TPSA) is 148 Å². The molecule has 0 fully saturated rings. The van der Waals surface area contributed by atoms with Gasteiger partial charge in [0.25, 0.3) is 0 Å². The van der Waals surface area contributed by atoms with Gasteiger partial charge in [-0.2, -0.15) is 0 Å². The molecule has 8 heteroatoms. The monoisotopic (exact) mass is 266 g/mol. The van der Waals surface area contributed by atoms with E-state index >= 15 is 0 Å². The van der Waals surface area contributed by atoms with E-state index in [1.54, 1.807) is 6.08 Å². The lowest BCUT2D eigenvalue weighted by Crippen LogP contribution is -2.46. The van der Waals surface area contributed by atoms with Crippen molar-refractivity contribution in [3.63, 3.8) is 0 Å². The molecule has 0 saturated heterocycles. The van der Waals surface area contributed by atoms with Crippen LogP contribution in [0.1, 0.15) is 6.42 Å². The van der Waals surface area contributed by atoms with Crippen LogP contribution in [0, 0.1) is 0 Å². The first-order valence-electron chi connectivity index (χ1n) is 5.22. The third-order valence-corrected chi connectivity index (χ3v) is 2.09. The van der Waals surface area contributed by atoms with Crippen LogP contribution in [0.5, 0.6) is 0 Å². The Labute approximate surface area is 103 Å².